The summed E-state index contributed by atoms with van der Waals surface area (Å²) >= 11 is 6.36. The molecule has 0 aliphatic carbocycles. The lowest BCUT2D eigenvalue weighted by molar-refractivity contribution is 0.0683. The number of aromatic amines is 1. The van der Waals surface area contributed by atoms with E-state index in [2.05, 4.69) is 9.97 Å². The number of nitrogens with zero attached hydrogens (tertiary/aromatic N) is 1. The minimum absolute atomic E-state index is 0.0561. The highest BCUT2D eigenvalue weighted by Crippen LogP contribution is 2.31. The van der Waals surface area contributed by atoms with Crippen LogP contribution < -0.4 is 10.3 Å². The molecule has 7 heteroatoms. The zero-order chi connectivity index (χ0) is 22.5. The predicted molar refractivity (Wildman–Crippen MR) is 122 cm³/mol. The second kappa shape index (κ2) is 9.49. The van der Waals surface area contributed by atoms with Crippen LogP contribution in [0.4, 0.5) is 0 Å². The van der Waals surface area contributed by atoms with Gasteiger partial charge in [0, 0.05) is 17.0 Å². The van der Waals surface area contributed by atoms with Crippen LogP contribution in [0, 0.1) is 0 Å². The second-order valence-electron chi connectivity index (χ2n) is 7.08. The largest absolute Gasteiger partial charge is 0.481 e. The molecule has 6 nitrogen and oxygen atoms in total. The van der Waals surface area contributed by atoms with Gasteiger partial charge in [0.15, 0.2) is 5.69 Å². The first kappa shape index (κ1) is 21.3. The first-order valence-corrected chi connectivity index (χ1v) is 10.3. The van der Waals surface area contributed by atoms with Crippen LogP contribution in [0.5, 0.6) is 5.75 Å². The van der Waals surface area contributed by atoms with E-state index >= 15 is 0 Å². The van der Waals surface area contributed by atoms with Crippen LogP contribution in [0.1, 0.15) is 27.4 Å². The zero-order valence-corrected chi connectivity index (χ0v) is 17.7. The lowest BCUT2D eigenvalue weighted by Crippen LogP contribution is -2.21. The second-order valence-corrected chi connectivity index (χ2v) is 7.49. The highest BCUT2D eigenvalue weighted by atomic mass is 35.5. The van der Waals surface area contributed by atoms with Gasteiger partial charge in [0.1, 0.15) is 12.4 Å². The molecule has 0 spiro atoms. The van der Waals surface area contributed by atoms with Crippen molar-refractivity contribution in [1.29, 1.82) is 0 Å². The third-order valence-corrected chi connectivity index (χ3v) is 5.22. The number of ether oxygens (including phenoxy) is 1. The molecular formula is C25H19ClN2O4. The van der Waals surface area contributed by atoms with Gasteiger partial charge < -0.3 is 14.8 Å². The summed E-state index contributed by atoms with van der Waals surface area (Å²) in [6.07, 6.45) is 0.218. The van der Waals surface area contributed by atoms with Gasteiger partial charge in [0.05, 0.1) is 0 Å². The van der Waals surface area contributed by atoms with Crippen molar-refractivity contribution in [2.45, 2.75) is 13.0 Å². The summed E-state index contributed by atoms with van der Waals surface area (Å²) in [6.45, 7) is 0.0561. The quantitative estimate of drug-likeness (QED) is 0.418. The van der Waals surface area contributed by atoms with E-state index in [1.54, 1.807) is 6.07 Å². The Morgan fingerprint density at radius 2 is 1.59 bits per heavy atom. The molecule has 1 heterocycles. The molecule has 1 aromatic heterocycles. The number of carboxylic acid groups (broad SMARTS) is 1. The van der Waals surface area contributed by atoms with Crippen molar-refractivity contribution in [3.63, 3.8) is 0 Å². The summed E-state index contributed by atoms with van der Waals surface area (Å²) in [7, 11) is 0. The molecule has 0 aliphatic heterocycles. The van der Waals surface area contributed by atoms with E-state index in [-0.39, 0.29) is 24.6 Å². The maximum Gasteiger partial charge on any atom is 0.358 e. The number of aromatic carboxylic acids is 1. The fourth-order valence-electron chi connectivity index (χ4n) is 3.40. The molecule has 0 amide bonds. The molecule has 160 valence electrons. The van der Waals surface area contributed by atoms with Gasteiger partial charge in [-0.15, -0.1) is 0 Å². The highest BCUT2D eigenvalue weighted by Gasteiger charge is 2.20. The Bertz CT molecular complexity index is 1320. The number of hydrogen-bond donors (Lipinski definition) is 2. The maximum atomic E-state index is 12.7. The van der Waals surface area contributed by atoms with Crippen molar-refractivity contribution >= 4 is 17.6 Å². The topological polar surface area (TPSA) is 92.3 Å². The lowest BCUT2D eigenvalue weighted by Gasteiger charge is -2.12. The predicted octanol–water partition coefficient (Wildman–Crippen LogP) is 4.96. The third kappa shape index (κ3) is 4.71. The molecule has 0 saturated heterocycles. The lowest BCUT2D eigenvalue weighted by atomic mass is 9.97. The molecule has 4 rings (SSSR count). The number of rotatable bonds is 7. The van der Waals surface area contributed by atoms with E-state index in [4.69, 9.17) is 16.3 Å². The van der Waals surface area contributed by atoms with Gasteiger partial charge in [-0.25, -0.2) is 9.78 Å². The van der Waals surface area contributed by atoms with E-state index in [0.717, 1.165) is 22.3 Å². The van der Waals surface area contributed by atoms with Gasteiger partial charge in [-0.1, -0.05) is 84.4 Å². The van der Waals surface area contributed by atoms with Crippen molar-refractivity contribution < 1.29 is 14.6 Å². The summed E-state index contributed by atoms with van der Waals surface area (Å²) in [4.78, 5) is 31.3. The molecule has 0 unspecified atom stereocenters. The average Bonchev–Trinajstić information content (AvgIpc) is 2.79. The molecule has 0 bridgehead atoms. The maximum absolute atomic E-state index is 12.7. The van der Waals surface area contributed by atoms with E-state index < -0.39 is 17.2 Å². The standard InChI is InChI=1S/C25H19ClN2O4/c26-20-13-7-6-12-19(20)18-11-5-4-10-17(18)14-21-27-22(25(30)31)23(24(29)28-21)32-15-16-8-2-1-3-9-16/h1-13H,14-15H2,(H,30,31)(H,27,28,29). The highest BCUT2D eigenvalue weighted by molar-refractivity contribution is 6.33. The number of hydrogen-bond acceptors (Lipinski definition) is 4. The van der Waals surface area contributed by atoms with E-state index in [9.17, 15) is 14.7 Å². The SMILES string of the molecule is O=C(O)c1nc(Cc2ccccc2-c2ccccc2Cl)[nH]c(=O)c1OCc1ccccc1. The average molecular weight is 447 g/mol. The van der Waals surface area contributed by atoms with Crippen molar-refractivity contribution in [3.8, 4) is 16.9 Å². The minimum Gasteiger partial charge on any atom is -0.481 e. The number of aromatic nitrogens is 2. The monoisotopic (exact) mass is 446 g/mol. The van der Waals surface area contributed by atoms with Gasteiger partial charge in [-0.3, -0.25) is 4.79 Å². The molecule has 0 fully saturated rings. The van der Waals surface area contributed by atoms with Gasteiger partial charge in [0.2, 0.25) is 5.75 Å². The molecule has 0 radical (unpaired) electrons. The van der Waals surface area contributed by atoms with Crippen LogP contribution in [0.25, 0.3) is 11.1 Å². The molecule has 32 heavy (non-hydrogen) atoms. The van der Waals surface area contributed by atoms with Gasteiger partial charge in [-0.2, -0.15) is 0 Å². The smallest absolute Gasteiger partial charge is 0.358 e. The fourth-order valence-corrected chi connectivity index (χ4v) is 3.64. The summed E-state index contributed by atoms with van der Waals surface area (Å²) in [5.74, 6) is -1.43. The first-order valence-electron chi connectivity index (χ1n) is 9.89. The Morgan fingerprint density at radius 1 is 0.938 bits per heavy atom. The van der Waals surface area contributed by atoms with Crippen LogP contribution in [-0.2, 0) is 13.0 Å². The van der Waals surface area contributed by atoms with E-state index in [1.807, 2.05) is 72.8 Å². The summed E-state index contributed by atoms with van der Waals surface area (Å²) in [5, 5.41) is 10.2. The fraction of sp³-hybridized carbons (Fsp3) is 0.0800. The van der Waals surface area contributed by atoms with Crippen LogP contribution in [-0.4, -0.2) is 21.0 Å². The van der Waals surface area contributed by atoms with Crippen molar-refractivity contribution in [3.05, 3.63) is 117 Å². The molecule has 0 atom stereocenters. The first-order chi connectivity index (χ1) is 15.5. The van der Waals surface area contributed by atoms with Crippen LogP contribution in [0.2, 0.25) is 5.02 Å². The number of carboxylic acids is 1. The Hall–Kier alpha value is -3.90. The van der Waals surface area contributed by atoms with Crippen LogP contribution in [0.3, 0.4) is 0 Å². The van der Waals surface area contributed by atoms with E-state index in [0.29, 0.717) is 5.02 Å². The normalized spacial score (nSPS) is 10.7. The van der Waals surface area contributed by atoms with Crippen molar-refractivity contribution in [2.24, 2.45) is 0 Å². The molecular weight excluding hydrogens is 428 g/mol. The summed E-state index contributed by atoms with van der Waals surface area (Å²) < 4.78 is 5.52. The molecule has 3 aromatic carbocycles. The van der Waals surface area contributed by atoms with Crippen molar-refractivity contribution in [1.82, 2.24) is 9.97 Å². The Kier molecular flexibility index (Phi) is 6.33. The van der Waals surface area contributed by atoms with Crippen molar-refractivity contribution in [2.75, 3.05) is 0 Å². The number of benzene rings is 3. The van der Waals surface area contributed by atoms with Gasteiger partial charge in [-0.05, 0) is 22.8 Å². The molecule has 0 aliphatic rings. The summed E-state index contributed by atoms with van der Waals surface area (Å²) in [5.41, 5.74) is 2.31. The van der Waals surface area contributed by atoms with Crippen LogP contribution in [0.15, 0.2) is 83.7 Å². The Balaban J connectivity index is 1.67. The Morgan fingerprint density at radius 3 is 2.31 bits per heavy atom. The number of nitrogens with one attached hydrogen (secondary N) is 1. The van der Waals surface area contributed by atoms with Gasteiger partial charge >= 0.3 is 5.97 Å². The number of H-pyrrole nitrogens is 1. The minimum atomic E-state index is -1.33. The third-order valence-electron chi connectivity index (χ3n) is 4.89. The summed E-state index contributed by atoms with van der Waals surface area (Å²) in [6, 6.07) is 24.2. The number of halogens is 1. The molecule has 4 aromatic rings. The Labute approximate surface area is 189 Å². The molecule has 0 saturated carbocycles. The number of carbonyl (C=O) groups is 1. The van der Waals surface area contributed by atoms with Gasteiger partial charge in [0.25, 0.3) is 5.56 Å². The van der Waals surface area contributed by atoms with E-state index in [1.165, 1.54) is 0 Å². The molecule has 2 N–H and O–H groups in total. The van der Waals surface area contributed by atoms with Crippen LogP contribution >= 0.6 is 11.6 Å². The zero-order valence-electron chi connectivity index (χ0n) is 16.9.